The predicted octanol–water partition coefficient (Wildman–Crippen LogP) is 2.90. The Balaban J connectivity index is 1.32. The van der Waals surface area contributed by atoms with Gasteiger partial charge in [-0.1, -0.05) is 24.3 Å². The summed E-state index contributed by atoms with van der Waals surface area (Å²) in [6, 6.07) is 13.8. The van der Waals surface area contributed by atoms with Crippen LogP contribution in [0.4, 0.5) is 5.69 Å². The molecule has 29 heavy (non-hydrogen) atoms. The van der Waals surface area contributed by atoms with Gasteiger partial charge in [-0.05, 0) is 29.7 Å². The van der Waals surface area contributed by atoms with Gasteiger partial charge in [0.2, 0.25) is 5.91 Å². The zero-order valence-corrected chi connectivity index (χ0v) is 16.4. The fraction of sp³-hybridized carbons (Fsp3) is 0.364. The van der Waals surface area contributed by atoms with Gasteiger partial charge in [-0.3, -0.25) is 4.79 Å². The summed E-state index contributed by atoms with van der Waals surface area (Å²) in [7, 11) is 0. The van der Waals surface area contributed by atoms with Gasteiger partial charge in [0, 0.05) is 37.7 Å². The fourth-order valence-corrected chi connectivity index (χ4v) is 3.45. The molecule has 2 aromatic carbocycles. The van der Waals surface area contributed by atoms with Crippen LogP contribution < -0.4 is 20.5 Å². The highest BCUT2D eigenvalue weighted by atomic mass is 16.5. The molecule has 2 aliphatic heterocycles. The number of fused-ring (bicyclic) bond motifs is 1. The molecule has 2 aromatic rings. The molecule has 0 aromatic heterocycles. The standard InChI is InChI=1S/C22H26N4O3/c23-22(25-18-8-9-19-20(13-18)29-12-2-11-28-19)24-14-16-4-6-17(7-5-16)15-26-10-1-3-21(26)27/h4-9,13H,1-3,10-12,14-15H2,(H3,23,24,25). The summed E-state index contributed by atoms with van der Waals surface area (Å²) in [6.45, 7) is 3.31. The van der Waals surface area contributed by atoms with E-state index in [1.807, 2.05) is 47.4 Å². The lowest BCUT2D eigenvalue weighted by molar-refractivity contribution is -0.128. The van der Waals surface area contributed by atoms with Crippen LogP contribution >= 0.6 is 0 Å². The van der Waals surface area contributed by atoms with Gasteiger partial charge in [0.1, 0.15) is 0 Å². The molecule has 0 radical (unpaired) electrons. The SMILES string of the molecule is NC(=NCc1ccc(CN2CCCC2=O)cc1)Nc1ccc2c(c1)OCCCO2. The van der Waals surface area contributed by atoms with Gasteiger partial charge in [0.15, 0.2) is 17.5 Å². The van der Waals surface area contributed by atoms with Gasteiger partial charge >= 0.3 is 0 Å². The van der Waals surface area contributed by atoms with Gasteiger partial charge in [0.05, 0.1) is 19.8 Å². The summed E-state index contributed by atoms with van der Waals surface area (Å²) in [4.78, 5) is 18.1. The number of ether oxygens (including phenoxy) is 2. The highest BCUT2D eigenvalue weighted by Crippen LogP contribution is 2.32. The molecule has 2 heterocycles. The number of hydrogen-bond acceptors (Lipinski definition) is 4. The van der Waals surface area contributed by atoms with Gasteiger partial charge in [-0.2, -0.15) is 0 Å². The molecule has 152 valence electrons. The number of nitrogens with two attached hydrogens (primary N) is 1. The topological polar surface area (TPSA) is 89.2 Å². The van der Waals surface area contributed by atoms with Crippen molar-refractivity contribution in [3.8, 4) is 11.5 Å². The van der Waals surface area contributed by atoms with Crippen LogP contribution in [0.1, 0.15) is 30.4 Å². The maximum Gasteiger partial charge on any atom is 0.222 e. The number of likely N-dealkylation sites (tertiary alicyclic amines) is 1. The van der Waals surface area contributed by atoms with Crippen molar-refractivity contribution in [2.45, 2.75) is 32.4 Å². The normalized spacial score (nSPS) is 16.6. The van der Waals surface area contributed by atoms with E-state index in [9.17, 15) is 4.79 Å². The Kier molecular flexibility index (Phi) is 5.84. The monoisotopic (exact) mass is 394 g/mol. The van der Waals surface area contributed by atoms with Crippen LogP contribution in [0, 0.1) is 0 Å². The van der Waals surface area contributed by atoms with Crippen molar-refractivity contribution in [1.82, 2.24) is 4.90 Å². The number of guanidine groups is 1. The fourth-order valence-electron chi connectivity index (χ4n) is 3.45. The molecule has 4 rings (SSSR count). The predicted molar refractivity (Wildman–Crippen MR) is 112 cm³/mol. The van der Waals surface area contributed by atoms with Crippen molar-refractivity contribution in [1.29, 1.82) is 0 Å². The lowest BCUT2D eigenvalue weighted by atomic mass is 10.1. The van der Waals surface area contributed by atoms with Crippen molar-refractivity contribution in [3.63, 3.8) is 0 Å². The summed E-state index contributed by atoms with van der Waals surface area (Å²) >= 11 is 0. The number of carbonyl (C=O) groups is 1. The average molecular weight is 394 g/mol. The van der Waals surface area contributed by atoms with E-state index in [-0.39, 0.29) is 5.91 Å². The minimum absolute atomic E-state index is 0.243. The summed E-state index contributed by atoms with van der Waals surface area (Å²) in [5.41, 5.74) is 9.03. The number of nitrogens with one attached hydrogen (secondary N) is 1. The average Bonchev–Trinajstić information content (AvgIpc) is 2.98. The Morgan fingerprint density at radius 1 is 1.03 bits per heavy atom. The van der Waals surface area contributed by atoms with Crippen LogP contribution in [0.25, 0.3) is 0 Å². The molecular formula is C22H26N4O3. The molecule has 2 aliphatic rings. The number of nitrogens with zero attached hydrogens (tertiary/aromatic N) is 2. The van der Waals surface area contributed by atoms with E-state index in [2.05, 4.69) is 10.3 Å². The quantitative estimate of drug-likeness (QED) is 0.601. The summed E-state index contributed by atoms with van der Waals surface area (Å²) in [6.07, 6.45) is 2.50. The first-order valence-electron chi connectivity index (χ1n) is 9.99. The summed E-state index contributed by atoms with van der Waals surface area (Å²) < 4.78 is 11.3. The Morgan fingerprint density at radius 3 is 2.55 bits per heavy atom. The van der Waals surface area contributed by atoms with Crippen LogP contribution in [0.3, 0.4) is 0 Å². The maximum absolute atomic E-state index is 11.7. The largest absolute Gasteiger partial charge is 0.490 e. The molecule has 7 heteroatoms. The lowest BCUT2D eigenvalue weighted by Crippen LogP contribution is -2.23. The van der Waals surface area contributed by atoms with Crippen LogP contribution in [0.2, 0.25) is 0 Å². The van der Waals surface area contributed by atoms with E-state index in [0.717, 1.165) is 42.0 Å². The molecule has 0 unspecified atom stereocenters. The first-order valence-corrected chi connectivity index (χ1v) is 9.99. The van der Waals surface area contributed by atoms with Crippen molar-refractivity contribution < 1.29 is 14.3 Å². The first-order chi connectivity index (χ1) is 14.2. The Morgan fingerprint density at radius 2 is 1.79 bits per heavy atom. The van der Waals surface area contributed by atoms with Gasteiger partial charge in [-0.15, -0.1) is 0 Å². The molecule has 3 N–H and O–H groups in total. The van der Waals surface area contributed by atoms with Gasteiger partial charge in [0.25, 0.3) is 0 Å². The van der Waals surface area contributed by atoms with E-state index >= 15 is 0 Å². The lowest BCUT2D eigenvalue weighted by Gasteiger charge is -2.15. The van der Waals surface area contributed by atoms with Crippen molar-refractivity contribution in [2.75, 3.05) is 25.1 Å². The van der Waals surface area contributed by atoms with Crippen molar-refractivity contribution in [3.05, 3.63) is 53.6 Å². The first kappa shape index (κ1) is 19.1. The molecule has 0 atom stereocenters. The Bertz CT molecular complexity index is 895. The minimum atomic E-state index is 0.243. The number of amides is 1. The number of rotatable bonds is 5. The number of anilines is 1. The van der Waals surface area contributed by atoms with E-state index < -0.39 is 0 Å². The van der Waals surface area contributed by atoms with E-state index in [4.69, 9.17) is 15.2 Å². The molecule has 0 aliphatic carbocycles. The molecule has 0 saturated carbocycles. The maximum atomic E-state index is 11.7. The van der Waals surface area contributed by atoms with Crippen LogP contribution in [-0.2, 0) is 17.9 Å². The smallest absolute Gasteiger partial charge is 0.222 e. The van der Waals surface area contributed by atoms with Crippen LogP contribution in [0.5, 0.6) is 11.5 Å². The second kappa shape index (κ2) is 8.86. The number of benzene rings is 2. The molecule has 1 saturated heterocycles. The van der Waals surface area contributed by atoms with Crippen molar-refractivity contribution in [2.24, 2.45) is 10.7 Å². The zero-order chi connectivity index (χ0) is 20.1. The summed E-state index contributed by atoms with van der Waals surface area (Å²) in [5, 5.41) is 3.10. The number of hydrogen-bond donors (Lipinski definition) is 2. The molecular weight excluding hydrogens is 368 g/mol. The highest BCUT2D eigenvalue weighted by Gasteiger charge is 2.19. The van der Waals surface area contributed by atoms with E-state index in [0.29, 0.717) is 44.4 Å². The van der Waals surface area contributed by atoms with Gasteiger partial charge < -0.3 is 25.4 Å². The second-order valence-corrected chi connectivity index (χ2v) is 7.27. The van der Waals surface area contributed by atoms with Crippen molar-refractivity contribution >= 4 is 17.6 Å². The molecule has 0 spiro atoms. The van der Waals surface area contributed by atoms with E-state index in [1.54, 1.807) is 0 Å². The Labute approximate surface area is 170 Å². The molecule has 1 fully saturated rings. The third-order valence-corrected chi connectivity index (χ3v) is 5.02. The second-order valence-electron chi connectivity index (χ2n) is 7.27. The van der Waals surface area contributed by atoms with E-state index in [1.165, 1.54) is 0 Å². The molecule has 1 amide bonds. The number of carbonyl (C=O) groups excluding carboxylic acids is 1. The van der Waals surface area contributed by atoms with Gasteiger partial charge in [-0.25, -0.2) is 4.99 Å². The Hall–Kier alpha value is -3.22. The molecule has 7 nitrogen and oxygen atoms in total. The third kappa shape index (κ3) is 4.99. The third-order valence-electron chi connectivity index (χ3n) is 5.02. The highest BCUT2D eigenvalue weighted by molar-refractivity contribution is 5.92. The van der Waals surface area contributed by atoms with Crippen LogP contribution in [0.15, 0.2) is 47.5 Å². The molecule has 0 bridgehead atoms. The number of aliphatic imine (C=N–C) groups is 1. The minimum Gasteiger partial charge on any atom is -0.490 e. The summed E-state index contributed by atoms with van der Waals surface area (Å²) in [5.74, 6) is 2.05. The van der Waals surface area contributed by atoms with Crippen LogP contribution in [-0.4, -0.2) is 36.5 Å². The zero-order valence-electron chi connectivity index (χ0n) is 16.4.